The van der Waals surface area contributed by atoms with Gasteiger partial charge >= 0.3 is 0 Å². The smallest absolute Gasteiger partial charge is 0.240 e. The van der Waals surface area contributed by atoms with Gasteiger partial charge in [-0.3, -0.25) is 4.79 Å². The lowest BCUT2D eigenvalue weighted by molar-refractivity contribution is -0.121. The zero-order valence-electron chi connectivity index (χ0n) is 14.8. The molecule has 0 heterocycles. The highest BCUT2D eigenvalue weighted by atomic mass is 35.5. The molecule has 140 valence electrons. The van der Waals surface area contributed by atoms with Gasteiger partial charge in [0.2, 0.25) is 15.9 Å². The summed E-state index contributed by atoms with van der Waals surface area (Å²) in [5, 5.41) is 3.41. The summed E-state index contributed by atoms with van der Waals surface area (Å²) in [6.07, 6.45) is 0.820. The number of halogens is 1. The molecule has 0 aliphatic rings. The number of hydrogen-bond acceptors (Lipinski definition) is 3. The van der Waals surface area contributed by atoms with Crippen LogP contribution in [0.15, 0.2) is 53.4 Å². The average molecular weight is 395 g/mol. The molecule has 0 saturated carbocycles. The molecular formula is C19H23ClN2O3S. The maximum absolute atomic E-state index is 12.2. The Kier molecular flexibility index (Phi) is 7.20. The van der Waals surface area contributed by atoms with E-state index in [2.05, 4.69) is 10.0 Å². The number of amides is 1. The standard InChI is InChI=1S/C19H23ClN2O3S/c1-3-18(15-6-4-14(2)5-7-15)22-19(23)12-13-21-26(24,25)17-10-8-16(20)9-11-17/h4-11,18,21H,3,12-13H2,1-2H3,(H,22,23). The average Bonchev–Trinajstić information content (AvgIpc) is 2.61. The molecule has 2 aromatic rings. The van der Waals surface area contributed by atoms with Gasteiger partial charge in [0.1, 0.15) is 0 Å². The van der Waals surface area contributed by atoms with Crippen molar-refractivity contribution in [3.8, 4) is 0 Å². The Morgan fingerprint density at radius 3 is 2.27 bits per heavy atom. The van der Waals surface area contributed by atoms with Crippen LogP contribution in [0.1, 0.15) is 36.9 Å². The molecule has 26 heavy (non-hydrogen) atoms. The van der Waals surface area contributed by atoms with Crippen molar-refractivity contribution < 1.29 is 13.2 Å². The zero-order valence-corrected chi connectivity index (χ0v) is 16.4. The van der Waals surface area contributed by atoms with Crippen molar-refractivity contribution >= 4 is 27.5 Å². The Balaban J connectivity index is 1.87. The Labute approximate surface area is 159 Å². The van der Waals surface area contributed by atoms with Crippen molar-refractivity contribution in [2.45, 2.75) is 37.6 Å². The number of nitrogens with one attached hydrogen (secondary N) is 2. The number of benzene rings is 2. The van der Waals surface area contributed by atoms with E-state index in [4.69, 9.17) is 11.6 Å². The second kappa shape index (κ2) is 9.16. The van der Waals surface area contributed by atoms with Crippen LogP contribution in [0.4, 0.5) is 0 Å². The first-order chi connectivity index (χ1) is 12.3. The Bertz CT molecular complexity index is 834. The Morgan fingerprint density at radius 2 is 1.69 bits per heavy atom. The quantitative estimate of drug-likeness (QED) is 0.718. The first kappa shape index (κ1) is 20.4. The van der Waals surface area contributed by atoms with Crippen LogP contribution < -0.4 is 10.0 Å². The van der Waals surface area contributed by atoms with Crippen molar-refractivity contribution in [1.82, 2.24) is 10.0 Å². The van der Waals surface area contributed by atoms with E-state index in [0.717, 1.165) is 17.5 Å². The van der Waals surface area contributed by atoms with E-state index in [1.807, 2.05) is 38.1 Å². The summed E-state index contributed by atoms with van der Waals surface area (Å²) in [6, 6.07) is 13.8. The molecule has 5 nitrogen and oxygen atoms in total. The van der Waals surface area contributed by atoms with E-state index in [1.165, 1.54) is 24.3 Å². The normalized spacial score (nSPS) is 12.6. The maximum atomic E-state index is 12.2. The fourth-order valence-electron chi connectivity index (χ4n) is 2.48. The molecule has 0 aliphatic carbocycles. The highest BCUT2D eigenvalue weighted by Crippen LogP contribution is 2.17. The number of carbonyl (C=O) groups excluding carboxylic acids is 1. The molecule has 0 radical (unpaired) electrons. The predicted octanol–water partition coefficient (Wildman–Crippen LogP) is 3.58. The van der Waals surface area contributed by atoms with Gasteiger partial charge in [-0.2, -0.15) is 0 Å². The molecule has 0 aliphatic heterocycles. The second-order valence-corrected chi connectivity index (χ2v) is 8.24. The van der Waals surface area contributed by atoms with Crippen LogP contribution >= 0.6 is 11.6 Å². The number of rotatable bonds is 8. The Hall–Kier alpha value is -1.89. The molecule has 0 spiro atoms. The number of carbonyl (C=O) groups is 1. The van der Waals surface area contributed by atoms with E-state index in [9.17, 15) is 13.2 Å². The van der Waals surface area contributed by atoms with Gasteiger partial charge in [-0.05, 0) is 43.2 Å². The minimum atomic E-state index is -3.65. The van der Waals surface area contributed by atoms with Crippen LogP contribution in [0, 0.1) is 6.92 Å². The summed E-state index contributed by atoms with van der Waals surface area (Å²) in [6.45, 7) is 4.03. The van der Waals surface area contributed by atoms with E-state index in [-0.39, 0.29) is 29.8 Å². The molecule has 0 aromatic heterocycles. The largest absolute Gasteiger partial charge is 0.349 e. The zero-order chi connectivity index (χ0) is 19.2. The van der Waals surface area contributed by atoms with Gasteiger partial charge in [-0.15, -0.1) is 0 Å². The van der Waals surface area contributed by atoms with Crippen molar-refractivity contribution in [3.05, 3.63) is 64.7 Å². The molecule has 2 N–H and O–H groups in total. The van der Waals surface area contributed by atoms with Gasteiger partial charge in [-0.25, -0.2) is 13.1 Å². The first-order valence-electron chi connectivity index (χ1n) is 8.43. The first-order valence-corrected chi connectivity index (χ1v) is 10.3. The van der Waals surface area contributed by atoms with Crippen LogP contribution in [0.5, 0.6) is 0 Å². The predicted molar refractivity (Wildman–Crippen MR) is 104 cm³/mol. The second-order valence-electron chi connectivity index (χ2n) is 6.04. The molecule has 0 fully saturated rings. The number of sulfonamides is 1. The third-order valence-electron chi connectivity index (χ3n) is 3.99. The van der Waals surface area contributed by atoms with Crippen LogP contribution in [0.25, 0.3) is 0 Å². The van der Waals surface area contributed by atoms with Gasteiger partial charge < -0.3 is 5.32 Å². The molecular weight excluding hydrogens is 372 g/mol. The van der Waals surface area contributed by atoms with E-state index >= 15 is 0 Å². The van der Waals surface area contributed by atoms with Crippen molar-refractivity contribution in [3.63, 3.8) is 0 Å². The molecule has 2 aromatic carbocycles. The third-order valence-corrected chi connectivity index (χ3v) is 5.72. The van der Waals surface area contributed by atoms with Gasteiger partial charge in [0.15, 0.2) is 0 Å². The van der Waals surface area contributed by atoms with Gasteiger partial charge in [0, 0.05) is 18.0 Å². The van der Waals surface area contributed by atoms with Gasteiger partial charge in [0.05, 0.1) is 10.9 Å². The van der Waals surface area contributed by atoms with Crippen LogP contribution in [-0.4, -0.2) is 20.9 Å². The number of hydrogen-bond donors (Lipinski definition) is 2. The molecule has 2 rings (SSSR count). The third kappa shape index (κ3) is 5.83. The van der Waals surface area contributed by atoms with E-state index in [0.29, 0.717) is 5.02 Å². The molecule has 1 unspecified atom stereocenters. The van der Waals surface area contributed by atoms with Gasteiger partial charge in [-0.1, -0.05) is 48.4 Å². The summed E-state index contributed by atoms with van der Waals surface area (Å²) < 4.78 is 26.8. The molecule has 1 amide bonds. The monoisotopic (exact) mass is 394 g/mol. The molecule has 0 bridgehead atoms. The summed E-state index contributed by atoms with van der Waals surface area (Å²) in [7, 11) is -3.65. The topological polar surface area (TPSA) is 75.3 Å². The fourth-order valence-corrected chi connectivity index (χ4v) is 3.64. The lowest BCUT2D eigenvalue weighted by atomic mass is 10.0. The van der Waals surface area contributed by atoms with Crippen LogP contribution in [0.3, 0.4) is 0 Å². The van der Waals surface area contributed by atoms with Crippen molar-refractivity contribution in [1.29, 1.82) is 0 Å². The highest BCUT2D eigenvalue weighted by molar-refractivity contribution is 7.89. The lowest BCUT2D eigenvalue weighted by Crippen LogP contribution is -2.32. The summed E-state index contributed by atoms with van der Waals surface area (Å²) in [4.78, 5) is 12.3. The highest BCUT2D eigenvalue weighted by Gasteiger charge is 2.16. The summed E-state index contributed by atoms with van der Waals surface area (Å²) in [5.41, 5.74) is 2.19. The van der Waals surface area contributed by atoms with Crippen LogP contribution in [0.2, 0.25) is 5.02 Å². The number of aryl methyl sites for hydroxylation is 1. The molecule has 1 atom stereocenters. The van der Waals surface area contributed by atoms with Crippen molar-refractivity contribution in [2.24, 2.45) is 0 Å². The molecule has 7 heteroatoms. The van der Waals surface area contributed by atoms with Crippen LogP contribution in [-0.2, 0) is 14.8 Å². The minimum absolute atomic E-state index is 0.0289. The molecule has 0 saturated heterocycles. The Morgan fingerprint density at radius 1 is 1.08 bits per heavy atom. The lowest BCUT2D eigenvalue weighted by Gasteiger charge is -2.18. The SMILES string of the molecule is CCC(NC(=O)CCNS(=O)(=O)c1ccc(Cl)cc1)c1ccc(C)cc1. The van der Waals surface area contributed by atoms with Crippen molar-refractivity contribution in [2.75, 3.05) is 6.54 Å². The van der Waals surface area contributed by atoms with Gasteiger partial charge in [0.25, 0.3) is 0 Å². The minimum Gasteiger partial charge on any atom is -0.349 e. The summed E-state index contributed by atoms with van der Waals surface area (Å²) >= 11 is 5.76. The fraction of sp³-hybridized carbons (Fsp3) is 0.316. The van der Waals surface area contributed by atoms with E-state index < -0.39 is 10.0 Å². The van der Waals surface area contributed by atoms with E-state index in [1.54, 1.807) is 0 Å². The maximum Gasteiger partial charge on any atom is 0.240 e. The summed E-state index contributed by atoms with van der Waals surface area (Å²) in [5.74, 6) is -0.198.